The monoisotopic (exact) mass is 453 g/mol. The number of aromatic nitrogens is 1. The average Bonchev–Trinajstić information content (AvgIpc) is 3.06. The first-order valence-corrected chi connectivity index (χ1v) is 11.0. The molecule has 2 aromatic heterocycles. The van der Waals surface area contributed by atoms with Crippen molar-refractivity contribution in [3.8, 4) is 0 Å². The quantitative estimate of drug-likeness (QED) is 0.470. The fourth-order valence-electron chi connectivity index (χ4n) is 3.03. The van der Waals surface area contributed by atoms with Gasteiger partial charge in [-0.2, -0.15) is 0 Å². The van der Waals surface area contributed by atoms with E-state index in [9.17, 15) is 18.0 Å². The molecule has 164 valence electrons. The normalized spacial score (nSPS) is 11.5. The lowest BCUT2D eigenvalue weighted by atomic mass is 10.1. The molecule has 10 heteroatoms. The Morgan fingerprint density at radius 1 is 1.03 bits per heavy atom. The second kappa shape index (κ2) is 7.97. The number of hydrogen-bond acceptors (Lipinski definition) is 7. The van der Waals surface area contributed by atoms with Crippen molar-refractivity contribution in [1.29, 1.82) is 0 Å². The van der Waals surface area contributed by atoms with Gasteiger partial charge in [0, 0.05) is 17.3 Å². The smallest absolute Gasteiger partial charge is 0.291 e. The van der Waals surface area contributed by atoms with Crippen molar-refractivity contribution >= 4 is 38.5 Å². The molecule has 0 aliphatic carbocycles. The second-order valence-corrected chi connectivity index (χ2v) is 8.92. The van der Waals surface area contributed by atoms with Crippen LogP contribution in [0, 0.1) is 20.8 Å². The van der Waals surface area contributed by atoms with Crippen molar-refractivity contribution in [2.24, 2.45) is 0 Å². The highest BCUT2D eigenvalue weighted by molar-refractivity contribution is 7.92. The van der Waals surface area contributed by atoms with Crippen LogP contribution in [0.3, 0.4) is 0 Å². The zero-order valence-electron chi connectivity index (χ0n) is 17.4. The van der Waals surface area contributed by atoms with Crippen LogP contribution in [0.25, 0.3) is 11.0 Å². The van der Waals surface area contributed by atoms with Gasteiger partial charge >= 0.3 is 0 Å². The summed E-state index contributed by atoms with van der Waals surface area (Å²) in [4.78, 5) is 24.9. The zero-order valence-corrected chi connectivity index (χ0v) is 18.2. The highest BCUT2D eigenvalue weighted by Gasteiger charge is 2.20. The number of nitrogens with one attached hydrogen (secondary N) is 2. The van der Waals surface area contributed by atoms with E-state index in [0.29, 0.717) is 27.9 Å². The Hall–Kier alpha value is -3.92. The SMILES string of the molecule is Cc1noc(NS(=O)(=O)c2ccc(NC(=O)c3cc(=O)c4cccc(C)c4o3)cc2)c1C. The highest BCUT2D eigenvalue weighted by atomic mass is 32.2. The first-order valence-electron chi connectivity index (χ1n) is 9.56. The van der Waals surface area contributed by atoms with Gasteiger partial charge in [0.05, 0.1) is 16.0 Å². The number of aryl methyl sites for hydroxylation is 2. The van der Waals surface area contributed by atoms with Crippen molar-refractivity contribution < 1.29 is 22.2 Å². The molecule has 0 fully saturated rings. The number of fused-ring (bicyclic) bond motifs is 1. The minimum atomic E-state index is -3.91. The summed E-state index contributed by atoms with van der Waals surface area (Å²) in [5, 5.41) is 6.70. The van der Waals surface area contributed by atoms with Crippen LogP contribution in [-0.4, -0.2) is 19.5 Å². The van der Waals surface area contributed by atoms with Crippen LogP contribution in [-0.2, 0) is 10.0 Å². The summed E-state index contributed by atoms with van der Waals surface area (Å²) < 4.78 is 38.1. The summed E-state index contributed by atoms with van der Waals surface area (Å²) in [6.45, 7) is 5.17. The van der Waals surface area contributed by atoms with E-state index < -0.39 is 15.9 Å². The van der Waals surface area contributed by atoms with E-state index in [0.717, 1.165) is 11.6 Å². The molecule has 0 spiro atoms. The van der Waals surface area contributed by atoms with Crippen LogP contribution in [0.5, 0.6) is 0 Å². The number of amides is 1. The Kier molecular flexibility index (Phi) is 5.31. The number of hydrogen-bond donors (Lipinski definition) is 2. The molecule has 0 aliphatic heterocycles. The number of rotatable bonds is 5. The molecule has 0 saturated carbocycles. The second-order valence-electron chi connectivity index (χ2n) is 7.23. The van der Waals surface area contributed by atoms with Gasteiger partial charge in [0.2, 0.25) is 5.88 Å². The molecular weight excluding hydrogens is 434 g/mol. The third-order valence-electron chi connectivity index (χ3n) is 4.98. The maximum absolute atomic E-state index is 12.6. The van der Waals surface area contributed by atoms with E-state index in [1.54, 1.807) is 39.0 Å². The number of carbonyl (C=O) groups excluding carboxylic acids is 1. The molecular formula is C22H19N3O6S. The number of anilines is 2. The summed E-state index contributed by atoms with van der Waals surface area (Å²) in [6, 6.07) is 11.8. The molecule has 4 rings (SSSR count). The fourth-order valence-corrected chi connectivity index (χ4v) is 4.08. The van der Waals surface area contributed by atoms with E-state index in [1.165, 1.54) is 24.3 Å². The van der Waals surface area contributed by atoms with Crippen LogP contribution >= 0.6 is 0 Å². The Bertz CT molecular complexity index is 1500. The molecule has 0 aliphatic rings. The van der Waals surface area contributed by atoms with Crippen LogP contribution in [0.4, 0.5) is 11.6 Å². The number of benzene rings is 2. The third-order valence-corrected chi connectivity index (χ3v) is 6.33. The largest absolute Gasteiger partial charge is 0.450 e. The van der Waals surface area contributed by atoms with Gasteiger partial charge in [-0.15, -0.1) is 0 Å². The zero-order chi connectivity index (χ0) is 23.0. The molecule has 0 saturated heterocycles. The van der Waals surface area contributed by atoms with Gasteiger partial charge in [-0.1, -0.05) is 17.3 Å². The van der Waals surface area contributed by atoms with Crippen LogP contribution in [0.1, 0.15) is 27.4 Å². The average molecular weight is 453 g/mol. The summed E-state index contributed by atoms with van der Waals surface area (Å²) in [7, 11) is -3.91. The maximum Gasteiger partial charge on any atom is 0.291 e. The van der Waals surface area contributed by atoms with Crippen molar-refractivity contribution in [1.82, 2.24) is 5.16 Å². The van der Waals surface area contributed by atoms with Crippen molar-refractivity contribution in [2.75, 3.05) is 10.0 Å². The number of para-hydroxylation sites is 1. The Labute approximate surface area is 183 Å². The maximum atomic E-state index is 12.6. The molecule has 2 heterocycles. The highest BCUT2D eigenvalue weighted by Crippen LogP contribution is 2.23. The number of nitrogens with zero attached hydrogens (tertiary/aromatic N) is 1. The van der Waals surface area contributed by atoms with Crippen molar-refractivity contribution in [3.63, 3.8) is 0 Å². The Morgan fingerprint density at radius 3 is 2.41 bits per heavy atom. The molecule has 2 N–H and O–H groups in total. The van der Waals surface area contributed by atoms with Gasteiger partial charge in [-0.25, -0.2) is 13.1 Å². The van der Waals surface area contributed by atoms with E-state index in [1.807, 2.05) is 0 Å². The third kappa shape index (κ3) is 4.00. The van der Waals surface area contributed by atoms with E-state index in [-0.39, 0.29) is 22.0 Å². The molecule has 32 heavy (non-hydrogen) atoms. The first kappa shape index (κ1) is 21.3. The molecule has 0 atom stereocenters. The topological polar surface area (TPSA) is 132 Å². The van der Waals surface area contributed by atoms with Crippen LogP contribution < -0.4 is 15.5 Å². The molecule has 0 bridgehead atoms. The minimum absolute atomic E-state index is 0.0307. The van der Waals surface area contributed by atoms with Crippen LogP contribution in [0.2, 0.25) is 0 Å². The van der Waals surface area contributed by atoms with Crippen molar-refractivity contribution in [2.45, 2.75) is 25.7 Å². The fraction of sp³-hybridized carbons (Fsp3) is 0.136. The van der Waals surface area contributed by atoms with Gasteiger partial charge in [0.1, 0.15) is 5.58 Å². The molecule has 0 radical (unpaired) electrons. The Morgan fingerprint density at radius 2 is 1.75 bits per heavy atom. The van der Waals surface area contributed by atoms with Gasteiger partial charge < -0.3 is 14.3 Å². The van der Waals surface area contributed by atoms with Gasteiger partial charge in [0.15, 0.2) is 11.2 Å². The lowest BCUT2D eigenvalue weighted by Crippen LogP contribution is -2.16. The summed E-state index contributed by atoms with van der Waals surface area (Å²) in [5.41, 5.74) is 2.24. The number of carbonyl (C=O) groups is 1. The predicted molar refractivity (Wildman–Crippen MR) is 118 cm³/mol. The van der Waals surface area contributed by atoms with Gasteiger partial charge in [0.25, 0.3) is 15.9 Å². The van der Waals surface area contributed by atoms with E-state index in [2.05, 4.69) is 15.2 Å². The van der Waals surface area contributed by atoms with Gasteiger partial charge in [-0.3, -0.25) is 9.59 Å². The summed E-state index contributed by atoms with van der Waals surface area (Å²) in [5.74, 6) is -0.735. The minimum Gasteiger partial charge on any atom is -0.450 e. The summed E-state index contributed by atoms with van der Waals surface area (Å²) >= 11 is 0. The molecule has 9 nitrogen and oxygen atoms in total. The van der Waals surface area contributed by atoms with Crippen molar-refractivity contribution in [3.05, 3.63) is 81.3 Å². The van der Waals surface area contributed by atoms with E-state index in [4.69, 9.17) is 8.94 Å². The molecule has 2 aromatic carbocycles. The molecule has 1 amide bonds. The Balaban J connectivity index is 1.54. The van der Waals surface area contributed by atoms with E-state index >= 15 is 0 Å². The predicted octanol–water partition coefficient (Wildman–Crippen LogP) is 3.76. The standard InChI is InChI=1S/C22H19N3O6S/c1-12-5-4-6-17-18(26)11-19(30-20(12)17)21(27)23-15-7-9-16(10-8-15)32(28,29)25-22-13(2)14(3)24-31-22/h4-11,25H,1-3H3,(H,23,27). The molecule has 0 unspecified atom stereocenters. The lowest BCUT2D eigenvalue weighted by molar-refractivity contribution is 0.0997. The first-order chi connectivity index (χ1) is 15.2. The lowest BCUT2D eigenvalue weighted by Gasteiger charge is -2.09. The molecule has 4 aromatic rings. The summed E-state index contributed by atoms with van der Waals surface area (Å²) in [6.07, 6.45) is 0. The van der Waals surface area contributed by atoms with Crippen LogP contribution in [0.15, 0.2) is 67.2 Å². The van der Waals surface area contributed by atoms with Gasteiger partial charge in [-0.05, 0) is 56.7 Å². The number of sulfonamides is 1.